The van der Waals surface area contributed by atoms with Crippen LogP contribution in [0.3, 0.4) is 0 Å². The van der Waals surface area contributed by atoms with Crippen LogP contribution in [-0.2, 0) is 29.0 Å². The van der Waals surface area contributed by atoms with E-state index in [1.807, 2.05) is 29.2 Å². The number of nitrogens with zero attached hydrogens (tertiary/aromatic N) is 3. The summed E-state index contributed by atoms with van der Waals surface area (Å²) in [7, 11) is 0. The van der Waals surface area contributed by atoms with Crippen molar-refractivity contribution in [1.82, 2.24) is 25.3 Å². The van der Waals surface area contributed by atoms with Crippen LogP contribution >= 0.6 is 11.6 Å². The Hall–Kier alpha value is -2.45. The minimum Gasteiger partial charge on any atom is -0.344 e. The van der Waals surface area contributed by atoms with Gasteiger partial charge in [0, 0.05) is 68.2 Å². The maximum atomic E-state index is 14.1. The molecule has 0 aromatic heterocycles. The van der Waals surface area contributed by atoms with Crippen LogP contribution in [0.15, 0.2) is 48.5 Å². The second-order valence-electron chi connectivity index (χ2n) is 14.2. The molecule has 2 saturated heterocycles. The lowest BCUT2D eigenvalue weighted by Crippen LogP contribution is -2.57. The number of likely N-dealkylation sites (tertiary alicyclic amines) is 2. The first-order valence-electron chi connectivity index (χ1n) is 17.3. The van der Waals surface area contributed by atoms with Gasteiger partial charge in [-0.2, -0.15) is 0 Å². The standard InChI is InChI=1S/C37H54ClN5O2/c1-26(2)25-43(33-13-17-41(18-14-33)27(3)4)34-15-19-42(20-16-34)37(45)35(21-28-9-11-31(38)12-10-28)40-36(44)23-32-22-29-7-5-6-8-30(29)24-39-32/h5-12,26-27,32-35,39H,13-25H2,1-4H3,(H,40,44)/t32?,35-/m1/s1. The molecule has 0 radical (unpaired) electrons. The average Bonchev–Trinajstić information content (AvgIpc) is 3.04. The number of fused-ring (bicyclic) bond motifs is 1. The lowest BCUT2D eigenvalue weighted by molar-refractivity contribution is -0.138. The molecule has 0 aliphatic carbocycles. The molecule has 8 heteroatoms. The Balaban J connectivity index is 1.21. The normalized spacial score (nSPS) is 20.9. The highest BCUT2D eigenvalue weighted by Crippen LogP contribution is 2.27. The summed E-state index contributed by atoms with van der Waals surface area (Å²) in [5.74, 6) is 0.558. The number of carbonyl (C=O) groups excluding carboxylic acids is 2. The molecule has 2 amide bonds. The predicted octanol–water partition coefficient (Wildman–Crippen LogP) is 5.29. The van der Waals surface area contributed by atoms with E-state index < -0.39 is 6.04 Å². The third-order valence-corrected chi connectivity index (χ3v) is 10.4. The van der Waals surface area contributed by atoms with Crippen molar-refractivity contribution in [2.75, 3.05) is 32.7 Å². The molecule has 1 unspecified atom stereocenters. The van der Waals surface area contributed by atoms with Gasteiger partial charge in [0.15, 0.2) is 0 Å². The van der Waals surface area contributed by atoms with E-state index in [4.69, 9.17) is 11.6 Å². The molecule has 2 aromatic carbocycles. The zero-order valence-corrected chi connectivity index (χ0v) is 28.6. The molecule has 2 N–H and O–H groups in total. The minimum absolute atomic E-state index is 0.0272. The largest absolute Gasteiger partial charge is 0.344 e. The highest BCUT2D eigenvalue weighted by molar-refractivity contribution is 6.30. The molecule has 246 valence electrons. The summed E-state index contributed by atoms with van der Waals surface area (Å²) in [5.41, 5.74) is 3.58. The summed E-state index contributed by atoms with van der Waals surface area (Å²) < 4.78 is 0. The molecule has 2 fully saturated rings. The van der Waals surface area contributed by atoms with Gasteiger partial charge in [0.2, 0.25) is 11.8 Å². The minimum atomic E-state index is -0.599. The molecule has 3 heterocycles. The predicted molar refractivity (Wildman–Crippen MR) is 183 cm³/mol. The van der Waals surface area contributed by atoms with Gasteiger partial charge in [-0.1, -0.05) is 61.8 Å². The molecule has 0 bridgehead atoms. The fourth-order valence-electron chi connectivity index (χ4n) is 7.59. The number of hydrogen-bond acceptors (Lipinski definition) is 5. The number of amides is 2. The molecule has 45 heavy (non-hydrogen) atoms. The molecular formula is C37H54ClN5O2. The van der Waals surface area contributed by atoms with Gasteiger partial charge in [-0.3, -0.25) is 14.5 Å². The van der Waals surface area contributed by atoms with E-state index in [1.165, 1.54) is 37.1 Å². The number of piperidine rings is 2. The quantitative estimate of drug-likeness (QED) is 0.351. The van der Waals surface area contributed by atoms with Crippen LogP contribution in [0.25, 0.3) is 0 Å². The lowest BCUT2D eigenvalue weighted by Gasteiger charge is -2.46. The molecular weight excluding hydrogens is 582 g/mol. The number of halogens is 1. The maximum absolute atomic E-state index is 14.1. The van der Waals surface area contributed by atoms with E-state index in [9.17, 15) is 9.59 Å². The lowest BCUT2D eigenvalue weighted by atomic mass is 9.93. The van der Waals surface area contributed by atoms with Crippen molar-refractivity contribution < 1.29 is 9.59 Å². The molecule has 0 saturated carbocycles. The Morgan fingerprint density at radius 3 is 2.16 bits per heavy atom. The molecule has 3 aliphatic rings. The van der Waals surface area contributed by atoms with Gasteiger partial charge in [0.1, 0.15) is 6.04 Å². The van der Waals surface area contributed by atoms with Gasteiger partial charge in [-0.25, -0.2) is 0 Å². The van der Waals surface area contributed by atoms with Gasteiger partial charge >= 0.3 is 0 Å². The van der Waals surface area contributed by atoms with Crippen LogP contribution < -0.4 is 10.6 Å². The summed E-state index contributed by atoms with van der Waals surface area (Å²) in [5, 5.41) is 7.33. The van der Waals surface area contributed by atoms with E-state index in [1.54, 1.807) is 0 Å². The van der Waals surface area contributed by atoms with Crippen molar-refractivity contribution in [2.24, 2.45) is 5.92 Å². The van der Waals surface area contributed by atoms with Crippen molar-refractivity contribution >= 4 is 23.4 Å². The highest BCUT2D eigenvalue weighted by atomic mass is 35.5. The first-order chi connectivity index (χ1) is 21.7. The summed E-state index contributed by atoms with van der Waals surface area (Å²) >= 11 is 6.15. The van der Waals surface area contributed by atoms with Crippen LogP contribution in [0, 0.1) is 5.92 Å². The number of nitrogens with one attached hydrogen (secondary N) is 2. The van der Waals surface area contributed by atoms with E-state index >= 15 is 0 Å². The van der Waals surface area contributed by atoms with Crippen molar-refractivity contribution in [2.45, 2.75) is 109 Å². The van der Waals surface area contributed by atoms with Crippen molar-refractivity contribution in [1.29, 1.82) is 0 Å². The number of benzene rings is 2. The molecule has 2 atom stereocenters. The van der Waals surface area contributed by atoms with Crippen LogP contribution in [-0.4, -0.2) is 89.4 Å². The first-order valence-corrected chi connectivity index (χ1v) is 17.7. The van der Waals surface area contributed by atoms with Crippen molar-refractivity contribution in [3.05, 3.63) is 70.2 Å². The number of carbonyl (C=O) groups is 2. The number of hydrogen-bond donors (Lipinski definition) is 2. The van der Waals surface area contributed by atoms with Gasteiger partial charge in [-0.15, -0.1) is 0 Å². The zero-order chi connectivity index (χ0) is 31.9. The molecule has 2 aromatic rings. The fraction of sp³-hybridized carbons (Fsp3) is 0.622. The smallest absolute Gasteiger partial charge is 0.245 e. The monoisotopic (exact) mass is 635 g/mol. The van der Waals surface area contributed by atoms with Crippen LogP contribution in [0.1, 0.15) is 76.5 Å². The highest BCUT2D eigenvalue weighted by Gasteiger charge is 2.35. The van der Waals surface area contributed by atoms with Crippen molar-refractivity contribution in [3.8, 4) is 0 Å². The molecule has 0 spiro atoms. The number of rotatable bonds is 11. The van der Waals surface area contributed by atoms with Crippen LogP contribution in [0.2, 0.25) is 5.02 Å². The van der Waals surface area contributed by atoms with E-state index in [0.29, 0.717) is 41.9 Å². The van der Waals surface area contributed by atoms with Gasteiger partial charge in [0.25, 0.3) is 0 Å². The zero-order valence-electron chi connectivity index (χ0n) is 27.8. The Morgan fingerprint density at radius 2 is 1.53 bits per heavy atom. The molecule has 7 nitrogen and oxygen atoms in total. The fourth-order valence-corrected chi connectivity index (χ4v) is 7.71. The van der Waals surface area contributed by atoms with Gasteiger partial charge < -0.3 is 20.4 Å². The van der Waals surface area contributed by atoms with Gasteiger partial charge in [-0.05, 0) is 93.8 Å². The Labute approximate surface area is 276 Å². The topological polar surface area (TPSA) is 67.9 Å². The molecule has 3 aliphatic heterocycles. The second kappa shape index (κ2) is 15.9. The first kappa shape index (κ1) is 33.9. The van der Waals surface area contributed by atoms with E-state index in [2.05, 4.69) is 72.4 Å². The summed E-state index contributed by atoms with van der Waals surface area (Å²) in [4.78, 5) is 34.8. The summed E-state index contributed by atoms with van der Waals surface area (Å²) in [6.45, 7) is 14.9. The SMILES string of the molecule is CC(C)CN(C1CCN(C(=O)[C@@H](Cc2ccc(Cl)cc2)NC(=O)CC2Cc3ccccc3CN2)CC1)C1CCN(C(C)C)CC1. The Bertz CT molecular complexity index is 1250. The average molecular weight is 636 g/mol. The van der Waals surface area contributed by atoms with Crippen LogP contribution in [0.4, 0.5) is 0 Å². The summed E-state index contributed by atoms with van der Waals surface area (Å²) in [6, 6.07) is 17.2. The van der Waals surface area contributed by atoms with Crippen LogP contribution in [0.5, 0.6) is 0 Å². The van der Waals surface area contributed by atoms with E-state index in [0.717, 1.165) is 51.0 Å². The Morgan fingerprint density at radius 1 is 0.911 bits per heavy atom. The molecule has 5 rings (SSSR count). The third-order valence-electron chi connectivity index (χ3n) is 10.1. The summed E-state index contributed by atoms with van der Waals surface area (Å²) in [6.07, 6.45) is 6.03. The van der Waals surface area contributed by atoms with E-state index in [-0.39, 0.29) is 17.9 Å². The third kappa shape index (κ3) is 9.31. The van der Waals surface area contributed by atoms with Crippen molar-refractivity contribution in [3.63, 3.8) is 0 Å². The van der Waals surface area contributed by atoms with Gasteiger partial charge in [0.05, 0.1) is 0 Å². The second-order valence-corrected chi connectivity index (χ2v) is 14.6. The maximum Gasteiger partial charge on any atom is 0.245 e. The Kier molecular flexibility index (Phi) is 12.0.